The van der Waals surface area contributed by atoms with Crippen LogP contribution in [0.1, 0.15) is 42.7 Å². The molecule has 98 valence electrons. The maximum Gasteiger partial charge on any atom is 0.155 e. The normalized spacial score (nSPS) is 23.4. The molecule has 1 fully saturated rings. The molecular formula is C15H17N3O. The topological polar surface area (TPSA) is 73.3 Å². The SMILES string of the molecule is C[C@H](N)C1=Cc2cccc(C#N)c2[C@H](O)N1C1CC1. The van der Waals surface area contributed by atoms with Crippen LogP contribution in [0.15, 0.2) is 23.9 Å². The third-order valence-electron chi connectivity index (χ3n) is 3.79. The highest BCUT2D eigenvalue weighted by molar-refractivity contribution is 5.64. The highest BCUT2D eigenvalue weighted by atomic mass is 16.3. The first-order valence-electron chi connectivity index (χ1n) is 6.60. The molecule has 3 rings (SSSR count). The van der Waals surface area contributed by atoms with Crippen LogP contribution in [0.25, 0.3) is 6.08 Å². The van der Waals surface area contributed by atoms with Crippen molar-refractivity contribution in [2.45, 2.75) is 38.1 Å². The predicted molar refractivity (Wildman–Crippen MR) is 72.6 cm³/mol. The number of rotatable bonds is 2. The molecule has 1 aromatic rings. The molecule has 1 saturated carbocycles. The Hall–Kier alpha value is -1.83. The van der Waals surface area contributed by atoms with E-state index in [9.17, 15) is 10.4 Å². The van der Waals surface area contributed by atoms with Crippen molar-refractivity contribution in [2.24, 2.45) is 5.73 Å². The second kappa shape index (κ2) is 4.37. The van der Waals surface area contributed by atoms with E-state index in [1.807, 2.05) is 30.0 Å². The van der Waals surface area contributed by atoms with Crippen LogP contribution in [-0.2, 0) is 0 Å². The van der Waals surface area contributed by atoms with Crippen molar-refractivity contribution in [3.63, 3.8) is 0 Å². The number of nitriles is 1. The summed E-state index contributed by atoms with van der Waals surface area (Å²) in [7, 11) is 0. The molecule has 0 radical (unpaired) electrons. The van der Waals surface area contributed by atoms with Crippen LogP contribution in [0.2, 0.25) is 0 Å². The van der Waals surface area contributed by atoms with Crippen LogP contribution in [-0.4, -0.2) is 22.1 Å². The summed E-state index contributed by atoms with van der Waals surface area (Å²) in [6.07, 6.45) is 3.40. The zero-order valence-electron chi connectivity index (χ0n) is 10.9. The standard InChI is InChI=1S/C15H17N3O/c1-9(17)13-7-10-3-2-4-11(8-16)14(10)15(19)18(13)12-5-6-12/h2-4,7,9,12,15,19H,5-6,17H2,1H3/t9-,15-/m0/s1. The zero-order chi connectivity index (χ0) is 13.6. The molecule has 1 aromatic carbocycles. The second-order valence-electron chi connectivity index (χ2n) is 5.29. The number of hydrogen-bond acceptors (Lipinski definition) is 4. The zero-order valence-corrected chi connectivity index (χ0v) is 10.9. The Morgan fingerprint density at radius 3 is 2.79 bits per heavy atom. The third kappa shape index (κ3) is 1.92. The number of aliphatic hydroxyl groups is 1. The van der Waals surface area contributed by atoms with Gasteiger partial charge in [0, 0.05) is 23.3 Å². The molecule has 0 amide bonds. The minimum Gasteiger partial charge on any atom is -0.369 e. The molecule has 0 saturated heterocycles. The monoisotopic (exact) mass is 255 g/mol. The van der Waals surface area contributed by atoms with E-state index in [1.165, 1.54) is 0 Å². The van der Waals surface area contributed by atoms with Crippen LogP contribution in [0, 0.1) is 11.3 Å². The minimum atomic E-state index is -0.760. The van der Waals surface area contributed by atoms with Crippen LogP contribution in [0.4, 0.5) is 0 Å². The number of fused-ring (bicyclic) bond motifs is 1. The van der Waals surface area contributed by atoms with Crippen molar-refractivity contribution >= 4 is 6.08 Å². The molecule has 0 unspecified atom stereocenters. The Kier molecular flexibility index (Phi) is 2.81. The first-order chi connectivity index (χ1) is 9.13. The summed E-state index contributed by atoms with van der Waals surface area (Å²) in [6.45, 7) is 1.92. The van der Waals surface area contributed by atoms with Crippen LogP contribution in [0.5, 0.6) is 0 Å². The number of aliphatic hydroxyl groups excluding tert-OH is 1. The lowest BCUT2D eigenvalue weighted by Crippen LogP contribution is -2.40. The van der Waals surface area contributed by atoms with Gasteiger partial charge in [-0.1, -0.05) is 12.1 Å². The Labute approximate surface area is 112 Å². The van der Waals surface area contributed by atoms with E-state index in [4.69, 9.17) is 5.73 Å². The fraction of sp³-hybridized carbons (Fsp3) is 0.400. The van der Waals surface area contributed by atoms with Gasteiger partial charge < -0.3 is 15.7 Å². The van der Waals surface area contributed by atoms with Crippen molar-refractivity contribution in [2.75, 3.05) is 0 Å². The lowest BCUT2D eigenvalue weighted by atomic mass is 9.93. The quantitative estimate of drug-likeness (QED) is 0.844. The molecular weight excluding hydrogens is 238 g/mol. The molecule has 19 heavy (non-hydrogen) atoms. The molecule has 3 N–H and O–H groups in total. The number of hydrogen-bond donors (Lipinski definition) is 2. The molecule has 4 nitrogen and oxygen atoms in total. The summed E-state index contributed by atoms with van der Waals surface area (Å²) < 4.78 is 0. The Morgan fingerprint density at radius 1 is 1.47 bits per heavy atom. The van der Waals surface area contributed by atoms with Crippen molar-refractivity contribution in [3.05, 3.63) is 40.6 Å². The minimum absolute atomic E-state index is 0.130. The van der Waals surface area contributed by atoms with Gasteiger partial charge in [0.25, 0.3) is 0 Å². The Morgan fingerprint density at radius 2 is 2.21 bits per heavy atom. The van der Waals surface area contributed by atoms with Gasteiger partial charge in [0.15, 0.2) is 6.23 Å². The van der Waals surface area contributed by atoms with E-state index in [-0.39, 0.29) is 6.04 Å². The summed E-state index contributed by atoms with van der Waals surface area (Å²) in [5, 5.41) is 19.8. The van der Waals surface area contributed by atoms with Gasteiger partial charge >= 0.3 is 0 Å². The first-order valence-corrected chi connectivity index (χ1v) is 6.60. The van der Waals surface area contributed by atoms with Crippen LogP contribution < -0.4 is 5.73 Å². The first kappa shape index (κ1) is 12.2. The van der Waals surface area contributed by atoms with Gasteiger partial charge in [0.1, 0.15) is 0 Å². The van der Waals surface area contributed by atoms with Crippen molar-refractivity contribution in [1.29, 1.82) is 5.26 Å². The molecule has 4 heteroatoms. The summed E-state index contributed by atoms with van der Waals surface area (Å²) >= 11 is 0. The summed E-state index contributed by atoms with van der Waals surface area (Å²) in [5.74, 6) is 0. The molecule has 1 aliphatic heterocycles. The van der Waals surface area contributed by atoms with Gasteiger partial charge in [-0.25, -0.2) is 0 Å². The average Bonchev–Trinajstić information content (AvgIpc) is 3.21. The molecule has 0 spiro atoms. The Balaban J connectivity index is 2.16. The van der Waals surface area contributed by atoms with E-state index in [1.54, 1.807) is 6.07 Å². The largest absolute Gasteiger partial charge is 0.369 e. The highest BCUT2D eigenvalue weighted by Gasteiger charge is 2.39. The van der Waals surface area contributed by atoms with E-state index in [0.717, 1.165) is 24.1 Å². The van der Waals surface area contributed by atoms with Gasteiger partial charge in [-0.2, -0.15) is 5.26 Å². The number of nitrogens with zero attached hydrogens (tertiary/aromatic N) is 2. The van der Waals surface area contributed by atoms with E-state index in [0.29, 0.717) is 17.2 Å². The van der Waals surface area contributed by atoms with Gasteiger partial charge in [-0.3, -0.25) is 0 Å². The molecule has 1 heterocycles. The van der Waals surface area contributed by atoms with Crippen molar-refractivity contribution in [3.8, 4) is 6.07 Å². The summed E-state index contributed by atoms with van der Waals surface area (Å²) in [4.78, 5) is 1.98. The van der Waals surface area contributed by atoms with Crippen molar-refractivity contribution in [1.82, 2.24) is 4.90 Å². The Bertz CT molecular complexity index is 582. The van der Waals surface area contributed by atoms with Crippen molar-refractivity contribution < 1.29 is 5.11 Å². The molecule has 0 aromatic heterocycles. The van der Waals surface area contributed by atoms with Crippen LogP contribution >= 0.6 is 0 Å². The van der Waals surface area contributed by atoms with Gasteiger partial charge in [0.05, 0.1) is 11.6 Å². The number of benzene rings is 1. The lowest BCUT2D eigenvalue weighted by Gasteiger charge is -2.38. The van der Waals surface area contributed by atoms with E-state index < -0.39 is 6.23 Å². The fourth-order valence-corrected chi connectivity index (χ4v) is 2.74. The molecule has 0 bridgehead atoms. The second-order valence-corrected chi connectivity index (χ2v) is 5.29. The summed E-state index contributed by atoms with van der Waals surface area (Å²) in [6, 6.07) is 7.90. The fourth-order valence-electron chi connectivity index (χ4n) is 2.74. The third-order valence-corrected chi connectivity index (χ3v) is 3.79. The molecule has 1 aliphatic carbocycles. The molecule has 2 aliphatic rings. The van der Waals surface area contributed by atoms with Gasteiger partial charge in [-0.15, -0.1) is 0 Å². The van der Waals surface area contributed by atoms with Gasteiger partial charge in [0.2, 0.25) is 0 Å². The smallest absolute Gasteiger partial charge is 0.155 e. The maximum absolute atomic E-state index is 10.6. The predicted octanol–water partition coefficient (Wildman–Crippen LogP) is 1.72. The van der Waals surface area contributed by atoms with E-state index in [2.05, 4.69) is 6.07 Å². The van der Waals surface area contributed by atoms with E-state index >= 15 is 0 Å². The number of nitrogens with two attached hydrogens (primary N) is 1. The molecule has 2 atom stereocenters. The van der Waals surface area contributed by atoms with Gasteiger partial charge in [-0.05, 0) is 37.5 Å². The average molecular weight is 255 g/mol. The lowest BCUT2D eigenvalue weighted by molar-refractivity contribution is 0.0154. The summed E-state index contributed by atoms with van der Waals surface area (Å²) in [5.41, 5.74) is 9.13. The van der Waals surface area contributed by atoms with Crippen LogP contribution in [0.3, 0.4) is 0 Å². The highest BCUT2D eigenvalue weighted by Crippen LogP contribution is 2.42. The maximum atomic E-state index is 10.6.